The predicted molar refractivity (Wildman–Crippen MR) is 66.3 cm³/mol. The molecule has 0 saturated heterocycles. The number of amides is 1. The van der Waals surface area contributed by atoms with Gasteiger partial charge in [0.25, 0.3) is 0 Å². The highest BCUT2D eigenvalue weighted by Gasteiger charge is 2.35. The van der Waals surface area contributed by atoms with E-state index < -0.39 is 11.1 Å². The normalized spacial score (nSPS) is 13.0. The molecule has 0 spiro atoms. The maximum atomic E-state index is 11.6. The molecule has 0 unspecified atom stereocenters. The van der Waals surface area contributed by atoms with E-state index in [2.05, 4.69) is 5.32 Å². The number of carbonyl (C=O) groups excluding carboxylic acids is 1. The lowest BCUT2D eigenvalue weighted by molar-refractivity contribution is -0.121. The van der Waals surface area contributed by atoms with Crippen molar-refractivity contribution >= 4 is 12.0 Å². The molecule has 0 aliphatic carbocycles. The molecular weight excluding hydrogens is 218 g/mol. The van der Waals surface area contributed by atoms with E-state index in [1.165, 1.54) is 6.08 Å². The first-order chi connectivity index (χ1) is 7.72. The first-order valence-corrected chi connectivity index (χ1v) is 5.48. The van der Waals surface area contributed by atoms with Crippen LogP contribution in [0, 0.1) is 0 Å². The number of nitrogens with one attached hydrogen (secondary N) is 1. The maximum Gasteiger partial charge on any atom is 0.244 e. The van der Waals surface area contributed by atoms with Crippen molar-refractivity contribution in [2.45, 2.75) is 38.8 Å². The van der Waals surface area contributed by atoms with Gasteiger partial charge in [-0.2, -0.15) is 0 Å². The molecule has 1 heterocycles. The molecule has 17 heavy (non-hydrogen) atoms. The summed E-state index contributed by atoms with van der Waals surface area (Å²) in [4.78, 5) is 11.6. The van der Waals surface area contributed by atoms with Gasteiger partial charge < -0.3 is 14.8 Å². The zero-order chi connectivity index (χ0) is 13.1. The fourth-order valence-corrected chi connectivity index (χ4v) is 1.05. The van der Waals surface area contributed by atoms with Crippen molar-refractivity contribution in [1.29, 1.82) is 0 Å². The van der Waals surface area contributed by atoms with Gasteiger partial charge in [-0.05, 0) is 45.9 Å². The summed E-state index contributed by atoms with van der Waals surface area (Å²) in [6.45, 7) is 6.85. The molecule has 94 valence electrons. The fourth-order valence-electron chi connectivity index (χ4n) is 1.05. The first kappa shape index (κ1) is 13.5. The van der Waals surface area contributed by atoms with Gasteiger partial charge in [0.2, 0.25) is 5.91 Å². The third-order valence-corrected chi connectivity index (χ3v) is 2.91. The van der Waals surface area contributed by atoms with Crippen LogP contribution in [0.2, 0.25) is 0 Å². The van der Waals surface area contributed by atoms with Gasteiger partial charge in [-0.25, -0.2) is 0 Å². The van der Waals surface area contributed by atoms with Crippen molar-refractivity contribution in [2.24, 2.45) is 0 Å². The minimum atomic E-state index is -0.999. The van der Waals surface area contributed by atoms with Crippen LogP contribution in [0.1, 0.15) is 33.5 Å². The van der Waals surface area contributed by atoms with Crippen LogP contribution < -0.4 is 5.32 Å². The predicted octanol–water partition coefficient (Wildman–Crippen LogP) is 1.96. The number of hydrogen-bond acceptors (Lipinski definition) is 3. The number of carbonyl (C=O) groups is 1. The van der Waals surface area contributed by atoms with E-state index in [4.69, 9.17) is 4.42 Å². The van der Waals surface area contributed by atoms with Crippen LogP contribution in [-0.2, 0) is 4.79 Å². The summed E-state index contributed by atoms with van der Waals surface area (Å²) in [5, 5.41) is 12.6. The smallest absolute Gasteiger partial charge is 0.244 e. The lowest BCUT2D eigenvalue weighted by atomic mass is 9.86. The first-order valence-electron chi connectivity index (χ1n) is 5.48. The summed E-state index contributed by atoms with van der Waals surface area (Å²) in [7, 11) is 0. The molecule has 0 saturated carbocycles. The molecular formula is C13H19NO3. The van der Waals surface area contributed by atoms with Crippen molar-refractivity contribution in [1.82, 2.24) is 5.32 Å². The van der Waals surface area contributed by atoms with Gasteiger partial charge >= 0.3 is 0 Å². The molecule has 2 N–H and O–H groups in total. The van der Waals surface area contributed by atoms with E-state index in [1.807, 2.05) is 0 Å². The van der Waals surface area contributed by atoms with Crippen molar-refractivity contribution < 1.29 is 14.3 Å². The third kappa shape index (κ3) is 3.75. The summed E-state index contributed by atoms with van der Waals surface area (Å²) in [5.74, 6) is 0.342. The van der Waals surface area contributed by atoms with E-state index in [1.54, 1.807) is 52.2 Å². The van der Waals surface area contributed by atoms with Crippen molar-refractivity contribution in [3.05, 3.63) is 30.2 Å². The lowest BCUT2D eigenvalue weighted by Crippen LogP contribution is -2.57. The van der Waals surface area contributed by atoms with Crippen LogP contribution in [0.4, 0.5) is 0 Å². The Morgan fingerprint density at radius 2 is 2.06 bits per heavy atom. The summed E-state index contributed by atoms with van der Waals surface area (Å²) in [6.07, 6.45) is 4.50. The van der Waals surface area contributed by atoms with Gasteiger partial charge in [0, 0.05) is 6.08 Å². The fraction of sp³-hybridized carbons (Fsp3) is 0.462. The maximum absolute atomic E-state index is 11.6. The molecule has 0 aliphatic rings. The van der Waals surface area contributed by atoms with Gasteiger partial charge in [-0.3, -0.25) is 4.79 Å². The number of hydrogen-bond donors (Lipinski definition) is 2. The molecule has 1 amide bonds. The van der Waals surface area contributed by atoms with Crippen LogP contribution in [0.3, 0.4) is 0 Å². The Bertz CT molecular complexity index is 397. The Balaban J connectivity index is 2.62. The molecule has 0 aromatic carbocycles. The highest BCUT2D eigenvalue weighted by molar-refractivity contribution is 5.91. The van der Waals surface area contributed by atoms with Crippen molar-refractivity contribution in [3.8, 4) is 0 Å². The topological polar surface area (TPSA) is 62.5 Å². The molecule has 4 nitrogen and oxygen atoms in total. The van der Waals surface area contributed by atoms with Crippen LogP contribution in [-0.4, -0.2) is 22.2 Å². The molecule has 0 aliphatic heterocycles. The van der Waals surface area contributed by atoms with Gasteiger partial charge in [-0.15, -0.1) is 0 Å². The SMILES string of the molecule is CC(C)(O)C(C)(C)NC(=O)/C=C/c1ccco1. The Hall–Kier alpha value is -1.55. The number of aliphatic hydroxyl groups is 1. The second-order valence-corrected chi connectivity index (χ2v) is 5.02. The summed E-state index contributed by atoms with van der Waals surface area (Å²) in [5.41, 5.74) is -1.71. The lowest BCUT2D eigenvalue weighted by Gasteiger charge is -2.37. The Morgan fingerprint density at radius 1 is 1.41 bits per heavy atom. The van der Waals surface area contributed by atoms with Crippen LogP contribution in [0.5, 0.6) is 0 Å². The zero-order valence-electron chi connectivity index (χ0n) is 10.7. The highest BCUT2D eigenvalue weighted by atomic mass is 16.3. The average Bonchev–Trinajstić information content (AvgIpc) is 2.64. The van der Waals surface area contributed by atoms with E-state index >= 15 is 0 Å². The van der Waals surface area contributed by atoms with Gasteiger partial charge in [0.05, 0.1) is 17.4 Å². The Labute approximate surface area is 101 Å². The van der Waals surface area contributed by atoms with Crippen molar-refractivity contribution in [3.63, 3.8) is 0 Å². The summed E-state index contributed by atoms with van der Waals surface area (Å²) >= 11 is 0. The molecule has 1 aromatic heterocycles. The van der Waals surface area contributed by atoms with Crippen LogP contribution in [0.15, 0.2) is 28.9 Å². The second-order valence-electron chi connectivity index (χ2n) is 5.02. The molecule has 1 aromatic rings. The second kappa shape index (κ2) is 4.75. The quantitative estimate of drug-likeness (QED) is 0.787. The minimum absolute atomic E-state index is 0.270. The Kier molecular flexibility index (Phi) is 3.78. The van der Waals surface area contributed by atoms with Crippen LogP contribution in [0.25, 0.3) is 6.08 Å². The molecule has 0 fully saturated rings. The number of furan rings is 1. The molecule has 0 bridgehead atoms. The van der Waals surface area contributed by atoms with E-state index in [-0.39, 0.29) is 5.91 Å². The Morgan fingerprint density at radius 3 is 2.53 bits per heavy atom. The summed E-state index contributed by atoms with van der Waals surface area (Å²) < 4.78 is 5.07. The van der Waals surface area contributed by atoms with Crippen molar-refractivity contribution in [2.75, 3.05) is 0 Å². The highest BCUT2D eigenvalue weighted by Crippen LogP contribution is 2.20. The monoisotopic (exact) mass is 237 g/mol. The average molecular weight is 237 g/mol. The standard InChI is InChI=1S/C13H19NO3/c1-12(2,13(3,4)16)14-11(15)8-7-10-6-5-9-17-10/h5-9,16H,1-4H3,(H,14,15)/b8-7+. The zero-order valence-corrected chi connectivity index (χ0v) is 10.7. The van der Waals surface area contributed by atoms with E-state index in [9.17, 15) is 9.90 Å². The van der Waals surface area contributed by atoms with Gasteiger partial charge in [0.15, 0.2) is 0 Å². The van der Waals surface area contributed by atoms with Gasteiger partial charge in [-0.1, -0.05) is 0 Å². The van der Waals surface area contributed by atoms with Gasteiger partial charge in [0.1, 0.15) is 5.76 Å². The summed E-state index contributed by atoms with van der Waals surface area (Å²) in [6, 6.07) is 3.50. The molecule has 0 atom stereocenters. The van der Waals surface area contributed by atoms with Crippen LogP contribution >= 0.6 is 0 Å². The third-order valence-electron chi connectivity index (χ3n) is 2.91. The number of rotatable bonds is 4. The largest absolute Gasteiger partial charge is 0.465 e. The molecule has 4 heteroatoms. The van der Waals surface area contributed by atoms with E-state index in [0.717, 1.165) is 0 Å². The van der Waals surface area contributed by atoms with E-state index in [0.29, 0.717) is 5.76 Å². The minimum Gasteiger partial charge on any atom is -0.465 e. The molecule has 0 radical (unpaired) electrons. The molecule has 1 rings (SSSR count).